The van der Waals surface area contributed by atoms with Gasteiger partial charge >= 0.3 is 0 Å². The SMILES string of the molecule is CC(=O)N[C@@H]1[C@@H](O)[C@H](O)[C@@H](CO)O[C@H]1C(O)C[N+](=O)[O-]. The lowest BCUT2D eigenvalue weighted by Crippen LogP contribution is -2.67. The van der Waals surface area contributed by atoms with Crippen molar-refractivity contribution in [3.63, 3.8) is 0 Å². The second-order valence-electron chi connectivity index (χ2n) is 4.61. The molecule has 0 aromatic carbocycles. The number of amides is 1. The van der Waals surface area contributed by atoms with E-state index >= 15 is 0 Å². The Balaban J connectivity index is 2.93. The summed E-state index contributed by atoms with van der Waals surface area (Å²) < 4.78 is 5.17. The van der Waals surface area contributed by atoms with Crippen LogP contribution in [0.5, 0.6) is 0 Å². The second kappa shape index (κ2) is 6.90. The number of nitrogens with zero attached hydrogens (tertiary/aromatic N) is 1. The van der Waals surface area contributed by atoms with Crippen molar-refractivity contribution < 1.29 is 34.9 Å². The van der Waals surface area contributed by atoms with Crippen LogP contribution in [0.1, 0.15) is 6.92 Å². The van der Waals surface area contributed by atoms with Crippen molar-refractivity contribution in [3.05, 3.63) is 10.1 Å². The fourth-order valence-electron chi connectivity index (χ4n) is 2.13. The Morgan fingerprint density at radius 2 is 2.05 bits per heavy atom. The minimum absolute atomic E-state index is 0.564. The van der Waals surface area contributed by atoms with E-state index in [-0.39, 0.29) is 0 Å². The van der Waals surface area contributed by atoms with Crippen molar-refractivity contribution in [2.24, 2.45) is 0 Å². The van der Waals surface area contributed by atoms with Crippen LogP contribution in [0.15, 0.2) is 0 Å². The Morgan fingerprint density at radius 3 is 2.50 bits per heavy atom. The van der Waals surface area contributed by atoms with Gasteiger partial charge in [-0.2, -0.15) is 0 Å². The summed E-state index contributed by atoms with van der Waals surface area (Å²) in [6.45, 7) is -0.359. The van der Waals surface area contributed by atoms with Crippen LogP contribution in [-0.4, -0.2) is 81.0 Å². The van der Waals surface area contributed by atoms with E-state index in [1.165, 1.54) is 0 Å². The molecule has 0 spiro atoms. The van der Waals surface area contributed by atoms with Gasteiger partial charge in [-0.05, 0) is 0 Å². The normalized spacial score (nSPS) is 35.4. The Morgan fingerprint density at radius 1 is 1.45 bits per heavy atom. The average molecular weight is 294 g/mol. The molecule has 1 aliphatic heterocycles. The minimum Gasteiger partial charge on any atom is -0.394 e. The molecule has 0 aromatic heterocycles. The van der Waals surface area contributed by atoms with E-state index in [0.717, 1.165) is 6.92 Å². The van der Waals surface area contributed by atoms with E-state index in [9.17, 15) is 30.2 Å². The Kier molecular flexibility index (Phi) is 5.77. The molecule has 10 nitrogen and oxygen atoms in total. The quantitative estimate of drug-likeness (QED) is 0.259. The fourth-order valence-corrected chi connectivity index (χ4v) is 2.13. The predicted molar refractivity (Wildman–Crippen MR) is 63.2 cm³/mol. The number of ether oxygens (including phenoxy) is 1. The molecule has 1 aliphatic rings. The lowest BCUT2D eigenvalue weighted by atomic mass is 9.90. The van der Waals surface area contributed by atoms with E-state index in [1.54, 1.807) is 0 Å². The van der Waals surface area contributed by atoms with Gasteiger partial charge in [0.15, 0.2) is 0 Å². The highest BCUT2D eigenvalue weighted by Crippen LogP contribution is 2.23. The molecule has 0 aliphatic carbocycles. The summed E-state index contributed by atoms with van der Waals surface area (Å²) in [6, 6.07) is -1.22. The number of nitro groups is 1. The number of aliphatic hydroxyl groups excluding tert-OH is 4. The first kappa shape index (κ1) is 16.7. The van der Waals surface area contributed by atoms with Gasteiger partial charge in [0.25, 0.3) is 0 Å². The summed E-state index contributed by atoms with van der Waals surface area (Å²) in [5.74, 6) is -0.564. The van der Waals surface area contributed by atoms with Gasteiger partial charge < -0.3 is 30.5 Å². The van der Waals surface area contributed by atoms with Gasteiger partial charge in [-0.1, -0.05) is 0 Å². The second-order valence-corrected chi connectivity index (χ2v) is 4.61. The smallest absolute Gasteiger partial charge is 0.232 e. The zero-order chi connectivity index (χ0) is 15.4. The van der Waals surface area contributed by atoms with Gasteiger partial charge in [0.2, 0.25) is 12.5 Å². The molecule has 5 N–H and O–H groups in total. The lowest BCUT2D eigenvalue weighted by Gasteiger charge is -2.43. The third-order valence-corrected chi connectivity index (χ3v) is 3.05. The molecule has 1 saturated heterocycles. The first-order valence-electron chi connectivity index (χ1n) is 5.97. The molecule has 0 bridgehead atoms. The maximum atomic E-state index is 11.1. The van der Waals surface area contributed by atoms with E-state index in [1.807, 2.05) is 0 Å². The Bertz CT molecular complexity index is 365. The van der Waals surface area contributed by atoms with Crippen LogP contribution in [0.2, 0.25) is 0 Å². The molecule has 1 rings (SSSR count). The highest BCUT2D eigenvalue weighted by molar-refractivity contribution is 5.73. The van der Waals surface area contributed by atoms with Crippen LogP contribution < -0.4 is 5.32 Å². The molecule has 1 unspecified atom stereocenters. The van der Waals surface area contributed by atoms with Crippen molar-refractivity contribution in [3.8, 4) is 0 Å². The number of rotatable bonds is 5. The van der Waals surface area contributed by atoms with Crippen LogP contribution in [0.3, 0.4) is 0 Å². The average Bonchev–Trinajstić information content (AvgIpc) is 2.34. The molecule has 0 saturated carbocycles. The van der Waals surface area contributed by atoms with Crippen molar-refractivity contribution in [2.75, 3.05) is 13.2 Å². The van der Waals surface area contributed by atoms with E-state index in [2.05, 4.69) is 5.32 Å². The van der Waals surface area contributed by atoms with Gasteiger partial charge in [-0.15, -0.1) is 0 Å². The number of carbonyl (C=O) groups is 1. The molecular weight excluding hydrogens is 276 g/mol. The summed E-state index contributed by atoms with van der Waals surface area (Å²) in [5.41, 5.74) is 0. The molecule has 1 fully saturated rings. The molecule has 1 amide bonds. The largest absolute Gasteiger partial charge is 0.394 e. The molecule has 20 heavy (non-hydrogen) atoms. The van der Waals surface area contributed by atoms with Crippen LogP contribution in [-0.2, 0) is 9.53 Å². The van der Waals surface area contributed by atoms with E-state index in [0.29, 0.717) is 0 Å². The molecule has 1 heterocycles. The number of hydrogen-bond donors (Lipinski definition) is 5. The fraction of sp³-hybridized carbons (Fsp3) is 0.900. The van der Waals surface area contributed by atoms with Crippen LogP contribution in [0.25, 0.3) is 0 Å². The summed E-state index contributed by atoms with van der Waals surface area (Å²) in [7, 11) is 0. The van der Waals surface area contributed by atoms with Crippen LogP contribution >= 0.6 is 0 Å². The molecule has 116 valence electrons. The van der Waals surface area contributed by atoms with Gasteiger partial charge in [0.1, 0.15) is 30.5 Å². The molecule has 0 radical (unpaired) electrons. The first-order valence-corrected chi connectivity index (χ1v) is 5.97. The third kappa shape index (κ3) is 3.84. The molecule has 0 aromatic rings. The number of aliphatic hydroxyl groups is 4. The predicted octanol–water partition coefficient (Wildman–Crippen LogP) is -3.39. The van der Waals surface area contributed by atoms with E-state index < -0.39 is 60.5 Å². The molecule has 6 atom stereocenters. The van der Waals surface area contributed by atoms with Crippen molar-refractivity contribution in [1.29, 1.82) is 0 Å². The minimum atomic E-state index is -1.61. The topological polar surface area (TPSA) is 162 Å². The molecular formula is C10H18N2O8. The zero-order valence-electron chi connectivity index (χ0n) is 10.7. The van der Waals surface area contributed by atoms with Crippen molar-refractivity contribution in [2.45, 2.75) is 43.5 Å². The van der Waals surface area contributed by atoms with E-state index in [4.69, 9.17) is 9.84 Å². The number of hydrogen-bond acceptors (Lipinski definition) is 8. The number of nitrogens with one attached hydrogen (secondary N) is 1. The van der Waals surface area contributed by atoms with Crippen molar-refractivity contribution in [1.82, 2.24) is 5.32 Å². The van der Waals surface area contributed by atoms with Crippen LogP contribution in [0, 0.1) is 10.1 Å². The van der Waals surface area contributed by atoms with Gasteiger partial charge in [0.05, 0.1) is 12.6 Å². The number of carbonyl (C=O) groups excluding carboxylic acids is 1. The monoisotopic (exact) mass is 294 g/mol. The first-order chi connectivity index (χ1) is 9.27. The van der Waals surface area contributed by atoms with Crippen molar-refractivity contribution >= 4 is 5.91 Å². The van der Waals surface area contributed by atoms with Gasteiger partial charge in [0, 0.05) is 11.8 Å². The lowest BCUT2D eigenvalue weighted by molar-refractivity contribution is -0.494. The highest BCUT2D eigenvalue weighted by Gasteiger charge is 2.48. The Hall–Kier alpha value is -1.33. The van der Waals surface area contributed by atoms with Crippen LogP contribution in [0.4, 0.5) is 0 Å². The summed E-state index contributed by atoms with van der Waals surface area (Å²) >= 11 is 0. The zero-order valence-corrected chi connectivity index (χ0v) is 10.7. The Labute approximate surface area is 114 Å². The maximum absolute atomic E-state index is 11.1. The molecule has 10 heteroatoms. The highest BCUT2D eigenvalue weighted by atomic mass is 16.6. The van der Waals surface area contributed by atoms with Gasteiger partial charge in [-0.25, -0.2) is 0 Å². The third-order valence-electron chi connectivity index (χ3n) is 3.05. The standard InChI is InChI=1S/C10H18N2O8/c1-4(14)11-7-9(17)8(16)6(3-13)20-10(7)5(15)2-12(18)19/h5-10,13,15-17H,2-3H2,1H3,(H,11,14)/t5?,6-,7-,8-,9-,10+/m1/s1. The summed E-state index contributed by atoms with van der Waals surface area (Å²) in [4.78, 5) is 20.7. The summed E-state index contributed by atoms with van der Waals surface area (Å²) in [5, 5.41) is 51.1. The van der Waals surface area contributed by atoms with Gasteiger partial charge in [-0.3, -0.25) is 14.9 Å². The summed E-state index contributed by atoms with van der Waals surface area (Å²) in [6.07, 6.45) is -7.16. The maximum Gasteiger partial charge on any atom is 0.232 e.